The molecule has 0 aromatic carbocycles. The molecule has 15 heavy (non-hydrogen) atoms. The molecule has 0 bridgehead atoms. The van der Waals surface area contributed by atoms with Gasteiger partial charge < -0.3 is 4.74 Å². The summed E-state index contributed by atoms with van der Waals surface area (Å²) in [6, 6.07) is 5.99. The van der Waals surface area contributed by atoms with Gasteiger partial charge in [-0.15, -0.1) is 0 Å². The molecule has 0 amide bonds. The van der Waals surface area contributed by atoms with Crippen molar-refractivity contribution < 1.29 is 4.74 Å². The molecule has 0 radical (unpaired) electrons. The molecule has 0 fully saturated rings. The maximum absolute atomic E-state index is 5.12. The number of hydrogen-bond acceptors (Lipinski definition) is 3. The lowest BCUT2D eigenvalue weighted by molar-refractivity contribution is 0.412. The predicted octanol–water partition coefficient (Wildman–Crippen LogP) is 2.08. The minimum Gasteiger partial charge on any atom is -0.495 e. The van der Waals surface area contributed by atoms with E-state index in [2.05, 4.69) is 9.97 Å². The van der Waals surface area contributed by atoms with E-state index in [0.29, 0.717) is 0 Å². The first kappa shape index (κ1) is 9.65. The molecule has 0 N–H and O–H groups in total. The number of ether oxygens (including phenoxy) is 1. The zero-order chi connectivity index (χ0) is 10.5. The van der Waals surface area contributed by atoms with Crippen molar-refractivity contribution in [3.05, 3.63) is 54.1 Å². The number of methoxy groups -OCH3 is 1. The average molecular weight is 200 g/mol. The Hall–Kier alpha value is -1.90. The Morgan fingerprint density at radius 3 is 2.60 bits per heavy atom. The van der Waals surface area contributed by atoms with Crippen LogP contribution in [0.5, 0.6) is 5.75 Å². The molecule has 0 unspecified atom stereocenters. The average Bonchev–Trinajstić information content (AvgIpc) is 2.31. The Balaban J connectivity index is 2.17. The Labute approximate surface area is 88.8 Å². The first-order valence-corrected chi connectivity index (χ1v) is 4.75. The van der Waals surface area contributed by atoms with E-state index in [0.717, 1.165) is 17.7 Å². The highest BCUT2D eigenvalue weighted by Crippen LogP contribution is 2.13. The summed E-state index contributed by atoms with van der Waals surface area (Å²) in [5, 5.41) is 0. The van der Waals surface area contributed by atoms with E-state index in [1.165, 1.54) is 5.56 Å². The second kappa shape index (κ2) is 4.55. The first-order chi connectivity index (χ1) is 7.38. The van der Waals surface area contributed by atoms with Gasteiger partial charge in [0.05, 0.1) is 13.3 Å². The molecule has 0 atom stereocenters. The third-order valence-electron chi connectivity index (χ3n) is 2.16. The van der Waals surface area contributed by atoms with Gasteiger partial charge in [0.15, 0.2) is 0 Å². The van der Waals surface area contributed by atoms with Gasteiger partial charge in [-0.05, 0) is 35.7 Å². The number of nitrogens with zero attached hydrogens (tertiary/aromatic N) is 2. The van der Waals surface area contributed by atoms with E-state index in [9.17, 15) is 0 Å². The van der Waals surface area contributed by atoms with Crippen LogP contribution in [0.1, 0.15) is 11.1 Å². The lowest BCUT2D eigenvalue weighted by Crippen LogP contribution is -1.91. The van der Waals surface area contributed by atoms with Crippen LogP contribution in [0.25, 0.3) is 0 Å². The molecule has 0 aliphatic rings. The third-order valence-corrected chi connectivity index (χ3v) is 2.16. The fourth-order valence-corrected chi connectivity index (χ4v) is 1.41. The van der Waals surface area contributed by atoms with E-state index < -0.39 is 0 Å². The second-order valence-electron chi connectivity index (χ2n) is 3.27. The predicted molar refractivity (Wildman–Crippen MR) is 57.8 cm³/mol. The number of pyridine rings is 2. The third kappa shape index (κ3) is 2.53. The van der Waals surface area contributed by atoms with Gasteiger partial charge in [-0.25, -0.2) is 0 Å². The van der Waals surface area contributed by atoms with Gasteiger partial charge in [0, 0.05) is 18.6 Å². The Morgan fingerprint density at radius 2 is 1.87 bits per heavy atom. The van der Waals surface area contributed by atoms with Crippen molar-refractivity contribution in [2.45, 2.75) is 6.42 Å². The molecule has 0 spiro atoms. The smallest absolute Gasteiger partial charge is 0.137 e. The van der Waals surface area contributed by atoms with Crippen LogP contribution >= 0.6 is 0 Å². The molecule has 76 valence electrons. The van der Waals surface area contributed by atoms with Crippen molar-refractivity contribution in [2.75, 3.05) is 7.11 Å². The Bertz CT molecular complexity index is 429. The summed E-state index contributed by atoms with van der Waals surface area (Å²) in [4.78, 5) is 8.09. The van der Waals surface area contributed by atoms with E-state index in [1.54, 1.807) is 25.7 Å². The SMILES string of the molecule is COc1cncc(Cc2ccncc2)c1. The van der Waals surface area contributed by atoms with E-state index in [1.807, 2.05) is 24.4 Å². The van der Waals surface area contributed by atoms with Gasteiger partial charge in [0.2, 0.25) is 0 Å². The van der Waals surface area contributed by atoms with E-state index in [4.69, 9.17) is 4.74 Å². The summed E-state index contributed by atoms with van der Waals surface area (Å²) >= 11 is 0. The minimum atomic E-state index is 0.793. The number of rotatable bonds is 3. The van der Waals surface area contributed by atoms with Crippen LogP contribution < -0.4 is 4.74 Å². The lowest BCUT2D eigenvalue weighted by Gasteiger charge is -2.03. The highest BCUT2D eigenvalue weighted by molar-refractivity contribution is 5.28. The van der Waals surface area contributed by atoms with Crippen LogP contribution in [0.2, 0.25) is 0 Å². The molecule has 2 aromatic heterocycles. The van der Waals surface area contributed by atoms with Crippen LogP contribution in [0.3, 0.4) is 0 Å². The second-order valence-corrected chi connectivity index (χ2v) is 3.27. The van der Waals surface area contributed by atoms with Gasteiger partial charge >= 0.3 is 0 Å². The van der Waals surface area contributed by atoms with Crippen LogP contribution in [-0.2, 0) is 6.42 Å². The molecule has 2 heterocycles. The summed E-state index contributed by atoms with van der Waals surface area (Å²) < 4.78 is 5.12. The maximum Gasteiger partial charge on any atom is 0.137 e. The van der Waals surface area contributed by atoms with Crippen LogP contribution in [0.4, 0.5) is 0 Å². The molecule has 0 saturated heterocycles. The van der Waals surface area contributed by atoms with Crippen molar-refractivity contribution >= 4 is 0 Å². The topological polar surface area (TPSA) is 35.0 Å². The van der Waals surface area contributed by atoms with Crippen molar-refractivity contribution in [1.29, 1.82) is 0 Å². The fourth-order valence-electron chi connectivity index (χ4n) is 1.41. The van der Waals surface area contributed by atoms with Crippen molar-refractivity contribution in [3.63, 3.8) is 0 Å². The van der Waals surface area contributed by atoms with Crippen LogP contribution in [0, 0.1) is 0 Å². The summed E-state index contributed by atoms with van der Waals surface area (Å²) in [5.41, 5.74) is 2.36. The number of hydrogen-bond donors (Lipinski definition) is 0. The maximum atomic E-state index is 5.12. The molecule has 0 saturated carbocycles. The van der Waals surface area contributed by atoms with Gasteiger partial charge in [-0.1, -0.05) is 0 Å². The fraction of sp³-hybridized carbons (Fsp3) is 0.167. The van der Waals surface area contributed by atoms with E-state index in [-0.39, 0.29) is 0 Å². The normalized spacial score (nSPS) is 9.93. The molecule has 0 aliphatic heterocycles. The highest BCUT2D eigenvalue weighted by atomic mass is 16.5. The van der Waals surface area contributed by atoms with Crippen molar-refractivity contribution in [2.24, 2.45) is 0 Å². The molecule has 3 nitrogen and oxygen atoms in total. The first-order valence-electron chi connectivity index (χ1n) is 4.75. The monoisotopic (exact) mass is 200 g/mol. The highest BCUT2D eigenvalue weighted by Gasteiger charge is 1.98. The quantitative estimate of drug-likeness (QED) is 0.760. The molecule has 2 rings (SSSR count). The van der Waals surface area contributed by atoms with Gasteiger partial charge in [0.25, 0.3) is 0 Å². The van der Waals surface area contributed by atoms with Gasteiger partial charge in [0.1, 0.15) is 5.75 Å². The summed E-state index contributed by atoms with van der Waals surface area (Å²) in [7, 11) is 1.65. The van der Waals surface area contributed by atoms with Crippen LogP contribution in [0.15, 0.2) is 43.0 Å². The molecule has 3 heteroatoms. The Morgan fingerprint density at radius 1 is 1.07 bits per heavy atom. The van der Waals surface area contributed by atoms with Crippen LogP contribution in [-0.4, -0.2) is 17.1 Å². The van der Waals surface area contributed by atoms with Crippen molar-refractivity contribution in [1.82, 2.24) is 9.97 Å². The molecular formula is C12H12N2O. The largest absolute Gasteiger partial charge is 0.495 e. The molecular weight excluding hydrogens is 188 g/mol. The molecule has 0 aliphatic carbocycles. The zero-order valence-corrected chi connectivity index (χ0v) is 8.55. The van der Waals surface area contributed by atoms with Gasteiger partial charge in [-0.3, -0.25) is 9.97 Å². The Kier molecular flexibility index (Phi) is 2.93. The van der Waals surface area contributed by atoms with Gasteiger partial charge in [-0.2, -0.15) is 0 Å². The van der Waals surface area contributed by atoms with E-state index >= 15 is 0 Å². The number of aromatic nitrogens is 2. The lowest BCUT2D eigenvalue weighted by atomic mass is 10.1. The minimum absolute atomic E-state index is 0.793. The summed E-state index contributed by atoms with van der Waals surface area (Å²) in [5.74, 6) is 0.793. The summed E-state index contributed by atoms with van der Waals surface area (Å²) in [6.07, 6.45) is 8.00. The summed E-state index contributed by atoms with van der Waals surface area (Å²) in [6.45, 7) is 0. The zero-order valence-electron chi connectivity index (χ0n) is 8.55. The molecule has 2 aromatic rings. The standard InChI is InChI=1S/C12H12N2O/c1-15-12-7-11(8-14-9-12)6-10-2-4-13-5-3-10/h2-5,7-9H,6H2,1H3. The van der Waals surface area contributed by atoms with Crippen molar-refractivity contribution in [3.8, 4) is 5.75 Å².